The minimum absolute atomic E-state index is 0.169. The van der Waals surface area contributed by atoms with Gasteiger partial charge in [0.2, 0.25) is 0 Å². The van der Waals surface area contributed by atoms with E-state index in [9.17, 15) is 4.79 Å². The minimum Gasteiger partial charge on any atom is -0.444 e. The second kappa shape index (κ2) is 8.91. The van der Waals surface area contributed by atoms with Gasteiger partial charge in [-0.3, -0.25) is 0 Å². The number of benzene rings is 1. The zero-order valence-electron chi connectivity index (χ0n) is 18.8. The smallest absolute Gasteiger partial charge is 0.410 e. The fourth-order valence-corrected chi connectivity index (χ4v) is 4.52. The molecule has 1 amide bonds. The molecule has 1 saturated heterocycles. The number of hydrogen-bond donors (Lipinski definition) is 1. The molecule has 2 atom stereocenters. The monoisotopic (exact) mass is 398 g/mol. The summed E-state index contributed by atoms with van der Waals surface area (Å²) >= 11 is 0. The van der Waals surface area contributed by atoms with Crippen molar-refractivity contribution in [3.05, 3.63) is 41.5 Å². The first kappa shape index (κ1) is 21.9. The number of hydrogen-bond acceptors (Lipinski definition) is 3. The lowest BCUT2D eigenvalue weighted by Crippen LogP contribution is -2.44. The van der Waals surface area contributed by atoms with Crippen LogP contribution in [0.15, 0.2) is 35.9 Å². The molecule has 29 heavy (non-hydrogen) atoms. The lowest BCUT2D eigenvalue weighted by molar-refractivity contribution is 0.0182. The Kier molecular flexibility index (Phi) is 6.72. The van der Waals surface area contributed by atoms with Gasteiger partial charge in [0.25, 0.3) is 0 Å². The van der Waals surface area contributed by atoms with Gasteiger partial charge in [-0.05, 0) is 77.3 Å². The molecule has 160 valence electrons. The number of ether oxygens (including phenoxy) is 1. The van der Waals surface area contributed by atoms with Crippen LogP contribution in [0.1, 0.15) is 65.9 Å². The maximum atomic E-state index is 12.2. The van der Waals surface area contributed by atoms with Crippen molar-refractivity contribution >= 4 is 12.2 Å². The summed E-state index contributed by atoms with van der Waals surface area (Å²) in [6.07, 6.45) is 6.66. The summed E-state index contributed by atoms with van der Waals surface area (Å²) in [5.41, 5.74) is 2.61. The van der Waals surface area contributed by atoms with Crippen molar-refractivity contribution in [2.24, 2.45) is 11.8 Å². The van der Waals surface area contributed by atoms with Crippen LogP contribution in [0.3, 0.4) is 0 Å². The number of nitrogens with one attached hydrogen (secondary N) is 1. The van der Waals surface area contributed by atoms with Gasteiger partial charge in [0.1, 0.15) is 5.60 Å². The minimum atomic E-state index is -0.422. The van der Waals surface area contributed by atoms with Crippen molar-refractivity contribution in [2.45, 2.75) is 71.4 Å². The van der Waals surface area contributed by atoms with Crippen molar-refractivity contribution in [1.29, 1.82) is 0 Å². The summed E-state index contributed by atoms with van der Waals surface area (Å²) in [4.78, 5) is 14.1. The van der Waals surface area contributed by atoms with Crippen LogP contribution in [0.2, 0.25) is 0 Å². The lowest BCUT2D eigenvalue weighted by Gasteiger charge is -2.34. The summed E-state index contributed by atoms with van der Waals surface area (Å²) < 4.78 is 5.51. The molecule has 3 rings (SSSR count). The van der Waals surface area contributed by atoms with E-state index in [1.807, 2.05) is 25.7 Å². The van der Waals surface area contributed by atoms with Crippen molar-refractivity contribution in [3.8, 4) is 0 Å². The Labute approximate surface area is 176 Å². The van der Waals surface area contributed by atoms with Crippen LogP contribution in [-0.2, 0) is 4.74 Å². The first-order valence-electron chi connectivity index (χ1n) is 11.2. The van der Waals surface area contributed by atoms with Gasteiger partial charge in [0.15, 0.2) is 0 Å². The molecule has 1 aliphatic carbocycles. The highest BCUT2D eigenvalue weighted by atomic mass is 16.6. The maximum absolute atomic E-state index is 12.2. The Balaban J connectivity index is 1.47. The summed E-state index contributed by atoms with van der Waals surface area (Å²) in [6, 6.07) is 10.6. The second-order valence-electron chi connectivity index (χ2n) is 9.86. The predicted molar refractivity (Wildman–Crippen MR) is 120 cm³/mol. The number of rotatable bonds is 6. The molecule has 1 aliphatic heterocycles. The van der Waals surface area contributed by atoms with E-state index in [1.165, 1.54) is 17.6 Å². The topological polar surface area (TPSA) is 41.6 Å². The van der Waals surface area contributed by atoms with Crippen molar-refractivity contribution in [3.63, 3.8) is 0 Å². The SMILES string of the molecule is CCC1(NCC2CCN(C(=O)OC(C)(C)C)CC2)CC1C(C)=Cc1ccccc1. The van der Waals surface area contributed by atoms with Crippen molar-refractivity contribution < 1.29 is 9.53 Å². The maximum Gasteiger partial charge on any atom is 0.410 e. The van der Waals surface area contributed by atoms with Crippen LogP contribution in [-0.4, -0.2) is 41.8 Å². The Morgan fingerprint density at radius 3 is 2.48 bits per heavy atom. The average molecular weight is 399 g/mol. The summed E-state index contributed by atoms with van der Waals surface area (Å²) in [6.45, 7) is 13.0. The highest BCUT2D eigenvalue weighted by Crippen LogP contribution is 2.51. The lowest BCUT2D eigenvalue weighted by atomic mass is 9.95. The van der Waals surface area contributed by atoms with Crippen LogP contribution in [0, 0.1) is 11.8 Å². The van der Waals surface area contributed by atoms with Gasteiger partial charge in [-0.1, -0.05) is 48.9 Å². The van der Waals surface area contributed by atoms with Crippen molar-refractivity contribution in [2.75, 3.05) is 19.6 Å². The van der Waals surface area contributed by atoms with Crippen molar-refractivity contribution in [1.82, 2.24) is 10.2 Å². The third-order valence-electron chi connectivity index (χ3n) is 6.46. The first-order valence-corrected chi connectivity index (χ1v) is 11.2. The van der Waals surface area contributed by atoms with Crippen LogP contribution >= 0.6 is 0 Å². The Morgan fingerprint density at radius 1 is 1.24 bits per heavy atom. The largest absolute Gasteiger partial charge is 0.444 e. The molecule has 1 aromatic rings. The Bertz CT molecular complexity index is 714. The number of piperidine rings is 1. The third-order valence-corrected chi connectivity index (χ3v) is 6.46. The number of carbonyl (C=O) groups excluding carboxylic acids is 1. The zero-order chi connectivity index (χ0) is 21.1. The van der Waals surface area contributed by atoms with E-state index in [4.69, 9.17) is 4.74 Å². The van der Waals surface area contributed by atoms with Gasteiger partial charge in [-0.25, -0.2) is 4.79 Å². The Morgan fingerprint density at radius 2 is 1.90 bits per heavy atom. The molecular formula is C25H38N2O2. The molecule has 4 heteroatoms. The van der Waals surface area contributed by atoms with Gasteiger partial charge in [0, 0.05) is 18.6 Å². The van der Waals surface area contributed by atoms with E-state index in [1.54, 1.807) is 0 Å². The van der Waals surface area contributed by atoms with E-state index in [0.717, 1.165) is 38.9 Å². The second-order valence-corrected chi connectivity index (χ2v) is 9.86. The molecule has 0 bridgehead atoms. The van der Waals surface area contributed by atoms with E-state index in [2.05, 4.69) is 55.6 Å². The molecule has 0 spiro atoms. The fourth-order valence-electron chi connectivity index (χ4n) is 4.52. The van der Waals surface area contributed by atoms with Gasteiger partial charge in [0.05, 0.1) is 0 Å². The zero-order valence-corrected chi connectivity index (χ0v) is 18.8. The van der Waals surface area contributed by atoms with Gasteiger partial charge < -0.3 is 15.0 Å². The highest BCUT2D eigenvalue weighted by Gasteiger charge is 2.52. The van der Waals surface area contributed by atoms with Crippen LogP contribution in [0.25, 0.3) is 6.08 Å². The fraction of sp³-hybridized carbons (Fsp3) is 0.640. The van der Waals surface area contributed by atoms with Crippen LogP contribution in [0.5, 0.6) is 0 Å². The molecule has 1 N–H and O–H groups in total. The normalized spacial score (nSPS) is 25.8. The molecule has 2 aliphatic rings. The predicted octanol–water partition coefficient (Wildman–Crippen LogP) is 5.50. The average Bonchev–Trinajstić information content (AvgIpc) is 3.42. The van der Waals surface area contributed by atoms with Gasteiger partial charge in [-0.15, -0.1) is 0 Å². The molecule has 0 aromatic heterocycles. The van der Waals surface area contributed by atoms with E-state index >= 15 is 0 Å². The summed E-state index contributed by atoms with van der Waals surface area (Å²) in [7, 11) is 0. The van der Waals surface area contributed by atoms with Gasteiger partial charge >= 0.3 is 6.09 Å². The molecule has 2 unspecified atom stereocenters. The molecule has 0 radical (unpaired) electrons. The molecule has 1 saturated carbocycles. The van der Waals surface area contributed by atoms with Gasteiger partial charge in [-0.2, -0.15) is 0 Å². The Hall–Kier alpha value is -1.81. The van der Waals surface area contributed by atoms with E-state index in [-0.39, 0.29) is 11.6 Å². The molecule has 1 heterocycles. The first-order chi connectivity index (χ1) is 13.7. The number of nitrogens with zero attached hydrogens (tertiary/aromatic N) is 1. The van der Waals surface area contributed by atoms with Crippen LogP contribution in [0.4, 0.5) is 4.79 Å². The standard InChI is InChI=1S/C25H38N2O2/c1-6-25(17-22(25)19(2)16-20-10-8-7-9-11-20)26-18-21-12-14-27(15-13-21)23(28)29-24(3,4)5/h7-11,16,21-22,26H,6,12-15,17-18H2,1-5H3. The molecule has 4 nitrogen and oxygen atoms in total. The summed E-state index contributed by atoms with van der Waals surface area (Å²) in [5.74, 6) is 1.27. The number of amides is 1. The number of carbonyl (C=O) groups is 1. The molecule has 2 fully saturated rings. The quantitative estimate of drug-likeness (QED) is 0.688. The van der Waals surface area contributed by atoms with Crippen LogP contribution < -0.4 is 5.32 Å². The highest BCUT2D eigenvalue weighted by molar-refractivity contribution is 5.68. The van der Waals surface area contributed by atoms with E-state index in [0.29, 0.717) is 11.8 Å². The third kappa shape index (κ3) is 5.85. The van der Waals surface area contributed by atoms with E-state index < -0.39 is 5.60 Å². The summed E-state index contributed by atoms with van der Waals surface area (Å²) in [5, 5.41) is 3.91. The molecular weight excluding hydrogens is 360 g/mol. The number of likely N-dealkylation sites (tertiary alicyclic amines) is 1. The molecule has 1 aromatic carbocycles.